The fourth-order valence-electron chi connectivity index (χ4n) is 2.88. The molecule has 21 heavy (non-hydrogen) atoms. The Morgan fingerprint density at radius 3 is 2.76 bits per heavy atom. The third-order valence-corrected chi connectivity index (χ3v) is 4.07. The lowest BCUT2D eigenvalue weighted by Gasteiger charge is -2.37. The quantitative estimate of drug-likeness (QED) is 0.904. The van der Waals surface area contributed by atoms with Crippen molar-refractivity contribution in [2.24, 2.45) is 0 Å². The largest absolute Gasteiger partial charge is 0.348 e. The molecule has 0 aliphatic carbocycles. The van der Waals surface area contributed by atoms with Gasteiger partial charge in [0.25, 0.3) is 5.56 Å². The van der Waals surface area contributed by atoms with Crippen LogP contribution in [-0.4, -0.2) is 34.7 Å². The van der Waals surface area contributed by atoms with Crippen LogP contribution in [-0.2, 0) is 0 Å². The van der Waals surface area contributed by atoms with E-state index in [9.17, 15) is 4.79 Å². The van der Waals surface area contributed by atoms with Crippen LogP contribution in [0, 0.1) is 0 Å². The first-order chi connectivity index (χ1) is 10.0. The van der Waals surface area contributed by atoms with Gasteiger partial charge in [0.05, 0.1) is 0 Å². The number of hydrogen-bond donors (Lipinski definition) is 1. The normalized spacial score (nSPS) is 19.5. The second-order valence-corrected chi connectivity index (χ2v) is 6.46. The molecule has 0 aromatic carbocycles. The van der Waals surface area contributed by atoms with Crippen LogP contribution in [0.2, 0.25) is 0 Å². The molecule has 118 valence electrons. The SMILES string of the molecule is CC(C)NCC1CCCCN1c1nccn(C(C)C)c1=O. The van der Waals surface area contributed by atoms with E-state index in [-0.39, 0.29) is 11.6 Å². The molecule has 1 saturated heterocycles. The van der Waals surface area contributed by atoms with Crippen molar-refractivity contribution >= 4 is 5.82 Å². The number of aromatic nitrogens is 2. The monoisotopic (exact) mass is 292 g/mol. The highest BCUT2D eigenvalue weighted by molar-refractivity contribution is 5.38. The van der Waals surface area contributed by atoms with Crippen molar-refractivity contribution in [3.05, 3.63) is 22.7 Å². The molecular formula is C16H28N4O. The Kier molecular flexibility index (Phi) is 5.39. The fourth-order valence-corrected chi connectivity index (χ4v) is 2.88. The maximum absolute atomic E-state index is 12.6. The number of hydrogen-bond acceptors (Lipinski definition) is 4. The summed E-state index contributed by atoms with van der Waals surface area (Å²) in [6.07, 6.45) is 7.01. The van der Waals surface area contributed by atoms with Gasteiger partial charge in [-0.05, 0) is 33.1 Å². The Morgan fingerprint density at radius 1 is 1.33 bits per heavy atom. The lowest BCUT2D eigenvalue weighted by molar-refractivity contribution is 0.416. The van der Waals surface area contributed by atoms with Gasteiger partial charge in [0.2, 0.25) is 0 Å². The Balaban J connectivity index is 2.25. The molecule has 0 radical (unpaired) electrons. The third-order valence-electron chi connectivity index (χ3n) is 4.07. The number of piperidine rings is 1. The van der Waals surface area contributed by atoms with Crippen molar-refractivity contribution in [1.29, 1.82) is 0 Å². The van der Waals surface area contributed by atoms with Crippen molar-refractivity contribution in [1.82, 2.24) is 14.9 Å². The van der Waals surface area contributed by atoms with E-state index in [4.69, 9.17) is 0 Å². The van der Waals surface area contributed by atoms with Crippen molar-refractivity contribution in [2.45, 2.75) is 65.1 Å². The molecule has 1 aliphatic heterocycles. The summed E-state index contributed by atoms with van der Waals surface area (Å²) in [5, 5.41) is 3.49. The molecule has 0 amide bonds. The van der Waals surface area contributed by atoms with Crippen LogP contribution in [0.1, 0.15) is 53.0 Å². The second kappa shape index (κ2) is 7.07. The van der Waals surface area contributed by atoms with Crippen molar-refractivity contribution in [3.63, 3.8) is 0 Å². The highest BCUT2D eigenvalue weighted by Gasteiger charge is 2.26. The first-order valence-electron chi connectivity index (χ1n) is 8.08. The molecule has 1 unspecified atom stereocenters. The molecular weight excluding hydrogens is 264 g/mol. The highest BCUT2D eigenvalue weighted by Crippen LogP contribution is 2.20. The second-order valence-electron chi connectivity index (χ2n) is 6.46. The summed E-state index contributed by atoms with van der Waals surface area (Å²) in [6, 6.07) is 0.991. The zero-order valence-electron chi connectivity index (χ0n) is 13.7. The summed E-state index contributed by atoms with van der Waals surface area (Å²) in [6.45, 7) is 10.2. The maximum atomic E-state index is 12.6. The van der Waals surface area contributed by atoms with E-state index in [0.29, 0.717) is 17.9 Å². The van der Waals surface area contributed by atoms with Gasteiger partial charge in [0, 0.05) is 43.6 Å². The van der Waals surface area contributed by atoms with Gasteiger partial charge in [-0.1, -0.05) is 13.8 Å². The minimum atomic E-state index is 0.0314. The number of nitrogens with zero attached hydrogens (tertiary/aromatic N) is 3. The first kappa shape index (κ1) is 16.0. The van der Waals surface area contributed by atoms with E-state index in [1.807, 2.05) is 13.8 Å². The van der Waals surface area contributed by atoms with Gasteiger partial charge in [-0.25, -0.2) is 4.98 Å². The third kappa shape index (κ3) is 3.84. The smallest absolute Gasteiger partial charge is 0.293 e. The van der Waals surface area contributed by atoms with E-state index in [2.05, 4.69) is 29.0 Å². The zero-order chi connectivity index (χ0) is 15.4. The van der Waals surface area contributed by atoms with Crippen LogP contribution in [0.5, 0.6) is 0 Å². The summed E-state index contributed by atoms with van der Waals surface area (Å²) in [5.41, 5.74) is 0.0314. The van der Waals surface area contributed by atoms with Crippen LogP contribution in [0.15, 0.2) is 17.2 Å². The lowest BCUT2D eigenvalue weighted by atomic mass is 10.0. The first-order valence-corrected chi connectivity index (χ1v) is 8.08. The van der Waals surface area contributed by atoms with Crippen LogP contribution in [0.4, 0.5) is 5.82 Å². The minimum absolute atomic E-state index is 0.0314. The van der Waals surface area contributed by atoms with Crippen LogP contribution in [0.3, 0.4) is 0 Å². The van der Waals surface area contributed by atoms with E-state index in [1.165, 1.54) is 6.42 Å². The molecule has 0 saturated carbocycles. The molecule has 1 aromatic heterocycles. The molecule has 1 aromatic rings. The summed E-state index contributed by atoms with van der Waals surface area (Å²) in [7, 11) is 0. The van der Waals surface area contributed by atoms with Gasteiger partial charge in [-0.15, -0.1) is 0 Å². The minimum Gasteiger partial charge on any atom is -0.348 e. The average Bonchev–Trinajstić information content (AvgIpc) is 2.45. The summed E-state index contributed by atoms with van der Waals surface area (Å²) in [5.74, 6) is 0.612. The van der Waals surface area contributed by atoms with Crippen LogP contribution in [0.25, 0.3) is 0 Å². The molecule has 2 rings (SSSR count). The predicted molar refractivity (Wildman–Crippen MR) is 87.0 cm³/mol. The number of nitrogens with one attached hydrogen (secondary N) is 1. The van der Waals surface area contributed by atoms with E-state index in [1.54, 1.807) is 17.0 Å². The molecule has 1 aliphatic rings. The molecule has 1 fully saturated rings. The number of anilines is 1. The van der Waals surface area contributed by atoms with Gasteiger partial charge in [-0.3, -0.25) is 4.79 Å². The van der Waals surface area contributed by atoms with Crippen molar-refractivity contribution in [2.75, 3.05) is 18.0 Å². The van der Waals surface area contributed by atoms with Crippen LogP contribution < -0.4 is 15.8 Å². The highest BCUT2D eigenvalue weighted by atomic mass is 16.1. The summed E-state index contributed by atoms with van der Waals surface area (Å²) >= 11 is 0. The molecule has 2 heterocycles. The van der Waals surface area contributed by atoms with Crippen LogP contribution >= 0.6 is 0 Å². The molecule has 5 nitrogen and oxygen atoms in total. The van der Waals surface area contributed by atoms with Gasteiger partial charge in [-0.2, -0.15) is 0 Å². The topological polar surface area (TPSA) is 50.2 Å². The van der Waals surface area contributed by atoms with E-state index in [0.717, 1.165) is 25.9 Å². The Morgan fingerprint density at radius 2 is 2.10 bits per heavy atom. The van der Waals surface area contributed by atoms with Gasteiger partial charge in [0.1, 0.15) is 0 Å². The van der Waals surface area contributed by atoms with Gasteiger partial charge >= 0.3 is 0 Å². The van der Waals surface area contributed by atoms with Gasteiger partial charge in [0.15, 0.2) is 5.82 Å². The van der Waals surface area contributed by atoms with E-state index >= 15 is 0 Å². The fraction of sp³-hybridized carbons (Fsp3) is 0.750. The Labute approximate surface area is 127 Å². The zero-order valence-corrected chi connectivity index (χ0v) is 13.7. The number of rotatable bonds is 5. The summed E-state index contributed by atoms with van der Waals surface area (Å²) < 4.78 is 1.77. The maximum Gasteiger partial charge on any atom is 0.293 e. The molecule has 5 heteroatoms. The Hall–Kier alpha value is -1.36. The molecule has 1 atom stereocenters. The molecule has 1 N–H and O–H groups in total. The Bertz CT molecular complexity index is 509. The predicted octanol–water partition coefficient (Wildman–Crippen LogP) is 2.18. The van der Waals surface area contributed by atoms with E-state index < -0.39 is 0 Å². The van der Waals surface area contributed by atoms with Gasteiger partial charge < -0.3 is 14.8 Å². The lowest BCUT2D eigenvalue weighted by Crippen LogP contribution is -2.49. The van der Waals surface area contributed by atoms with Crippen molar-refractivity contribution < 1.29 is 0 Å². The average molecular weight is 292 g/mol. The summed E-state index contributed by atoms with van der Waals surface area (Å²) in [4.78, 5) is 19.2. The van der Waals surface area contributed by atoms with Crippen molar-refractivity contribution in [3.8, 4) is 0 Å². The molecule has 0 bridgehead atoms. The molecule has 0 spiro atoms. The standard InChI is InChI=1S/C16H28N4O/c1-12(2)18-11-14-7-5-6-9-20(14)15-16(21)19(13(3)4)10-8-17-15/h8,10,12-14,18H,5-7,9,11H2,1-4H3.